The van der Waals surface area contributed by atoms with Crippen LogP contribution >= 0.6 is 11.3 Å². The molecule has 1 saturated heterocycles. The number of aromatic nitrogens is 1. The molecule has 3 rings (SSSR count). The summed E-state index contributed by atoms with van der Waals surface area (Å²) in [4.78, 5) is 31.7. The molecule has 0 saturated carbocycles. The van der Waals surface area contributed by atoms with Gasteiger partial charge in [-0.2, -0.15) is 0 Å². The molecule has 1 aliphatic rings. The van der Waals surface area contributed by atoms with Gasteiger partial charge in [-0.1, -0.05) is 25.0 Å². The van der Waals surface area contributed by atoms with Crippen molar-refractivity contribution in [1.82, 2.24) is 15.6 Å². The van der Waals surface area contributed by atoms with Crippen molar-refractivity contribution < 1.29 is 9.59 Å². The highest BCUT2D eigenvalue weighted by Crippen LogP contribution is 2.22. The molecule has 7 heteroatoms. The summed E-state index contributed by atoms with van der Waals surface area (Å²) in [7, 11) is 0. The van der Waals surface area contributed by atoms with E-state index in [9.17, 15) is 9.59 Å². The Hall–Kier alpha value is -2.41. The van der Waals surface area contributed by atoms with Crippen LogP contribution in [-0.4, -0.2) is 29.9 Å². The fourth-order valence-electron chi connectivity index (χ4n) is 3.42. The number of hydrogen-bond acceptors (Lipinski definition) is 5. The van der Waals surface area contributed by atoms with E-state index in [4.69, 9.17) is 0 Å². The Kier molecular flexibility index (Phi) is 7.42. The molecule has 1 atom stereocenters. The van der Waals surface area contributed by atoms with Crippen LogP contribution < -0.4 is 15.5 Å². The zero-order chi connectivity index (χ0) is 19.8. The van der Waals surface area contributed by atoms with Crippen LogP contribution in [0.4, 0.5) is 5.82 Å². The Morgan fingerprint density at radius 1 is 1.18 bits per heavy atom. The van der Waals surface area contributed by atoms with Crippen molar-refractivity contribution in [2.24, 2.45) is 0 Å². The van der Waals surface area contributed by atoms with Gasteiger partial charge in [-0.3, -0.25) is 9.59 Å². The highest BCUT2D eigenvalue weighted by Gasteiger charge is 2.18. The van der Waals surface area contributed by atoms with Crippen LogP contribution in [0.3, 0.4) is 0 Å². The van der Waals surface area contributed by atoms with Crippen molar-refractivity contribution in [1.29, 1.82) is 0 Å². The Morgan fingerprint density at radius 2 is 1.96 bits per heavy atom. The average Bonchev–Trinajstić information content (AvgIpc) is 3.09. The topological polar surface area (TPSA) is 74.3 Å². The Labute approximate surface area is 170 Å². The molecule has 2 amide bonds. The standard InChI is InChI=1S/C21H28N4O2S/c1-16(26)24-18(19-7-6-12-28-19)13-21(27)23-15-17-8-9-20(22-14-17)25-10-4-2-3-5-11-25/h6-9,12,14,18H,2-5,10-11,13,15H2,1H3,(H,23,27)(H,24,26). The second-order valence-corrected chi connectivity index (χ2v) is 8.15. The van der Waals surface area contributed by atoms with Crippen molar-refractivity contribution in [3.05, 3.63) is 46.3 Å². The number of carbonyl (C=O) groups is 2. The smallest absolute Gasteiger partial charge is 0.222 e. The van der Waals surface area contributed by atoms with Gasteiger partial charge in [-0.05, 0) is 35.9 Å². The lowest BCUT2D eigenvalue weighted by atomic mass is 10.1. The van der Waals surface area contributed by atoms with E-state index in [2.05, 4.69) is 20.5 Å². The van der Waals surface area contributed by atoms with Gasteiger partial charge in [0.1, 0.15) is 5.82 Å². The van der Waals surface area contributed by atoms with Gasteiger partial charge in [-0.15, -0.1) is 11.3 Å². The quantitative estimate of drug-likeness (QED) is 0.747. The van der Waals surface area contributed by atoms with Gasteiger partial charge >= 0.3 is 0 Å². The molecule has 6 nitrogen and oxygen atoms in total. The van der Waals surface area contributed by atoms with E-state index in [-0.39, 0.29) is 24.3 Å². The molecule has 0 radical (unpaired) electrons. The molecule has 1 unspecified atom stereocenters. The Balaban J connectivity index is 1.51. The number of pyridine rings is 1. The molecule has 0 spiro atoms. The number of nitrogens with zero attached hydrogens (tertiary/aromatic N) is 2. The molecule has 2 aromatic heterocycles. The number of amides is 2. The maximum atomic E-state index is 12.4. The first-order valence-electron chi connectivity index (χ1n) is 9.89. The van der Waals surface area contributed by atoms with Gasteiger partial charge in [0.15, 0.2) is 0 Å². The summed E-state index contributed by atoms with van der Waals surface area (Å²) in [6.07, 6.45) is 7.10. The summed E-state index contributed by atoms with van der Waals surface area (Å²) in [5.41, 5.74) is 0.971. The number of hydrogen-bond donors (Lipinski definition) is 2. The molecule has 3 heterocycles. The highest BCUT2D eigenvalue weighted by molar-refractivity contribution is 7.10. The van der Waals surface area contributed by atoms with Crippen molar-refractivity contribution in [3.8, 4) is 0 Å². The third kappa shape index (κ3) is 6.05. The summed E-state index contributed by atoms with van der Waals surface area (Å²) < 4.78 is 0. The second kappa shape index (κ2) is 10.2. The molecule has 2 N–H and O–H groups in total. The van der Waals surface area contributed by atoms with Crippen LogP contribution in [0.2, 0.25) is 0 Å². The van der Waals surface area contributed by atoms with Gasteiger partial charge < -0.3 is 15.5 Å². The van der Waals surface area contributed by atoms with Gasteiger partial charge in [-0.25, -0.2) is 4.98 Å². The summed E-state index contributed by atoms with van der Waals surface area (Å²) in [6.45, 7) is 4.03. The number of nitrogens with one attached hydrogen (secondary N) is 2. The van der Waals surface area contributed by atoms with Crippen LogP contribution in [0.1, 0.15) is 55.5 Å². The molecule has 2 aromatic rings. The fraction of sp³-hybridized carbons (Fsp3) is 0.476. The normalized spacial score (nSPS) is 15.5. The second-order valence-electron chi connectivity index (χ2n) is 7.18. The van der Waals surface area contributed by atoms with Gasteiger partial charge in [0.25, 0.3) is 0 Å². The van der Waals surface area contributed by atoms with E-state index in [1.54, 1.807) is 0 Å². The van der Waals surface area contributed by atoms with Gasteiger partial charge in [0.05, 0.1) is 12.5 Å². The van der Waals surface area contributed by atoms with E-state index in [0.29, 0.717) is 6.54 Å². The van der Waals surface area contributed by atoms with E-state index in [1.165, 1.54) is 43.9 Å². The van der Waals surface area contributed by atoms with Crippen molar-refractivity contribution >= 4 is 29.0 Å². The molecule has 0 aliphatic carbocycles. The largest absolute Gasteiger partial charge is 0.357 e. The summed E-state index contributed by atoms with van der Waals surface area (Å²) >= 11 is 1.54. The number of carbonyl (C=O) groups excluding carboxylic acids is 2. The Bertz CT molecular complexity index is 753. The zero-order valence-electron chi connectivity index (χ0n) is 16.3. The first kappa shape index (κ1) is 20.3. The van der Waals surface area contributed by atoms with Crippen molar-refractivity contribution in [2.45, 2.75) is 51.6 Å². The predicted molar refractivity (Wildman–Crippen MR) is 112 cm³/mol. The Morgan fingerprint density at radius 3 is 2.57 bits per heavy atom. The van der Waals surface area contributed by atoms with Crippen LogP contribution in [0.5, 0.6) is 0 Å². The zero-order valence-corrected chi connectivity index (χ0v) is 17.1. The summed E-state index contributed by atoms with van der Waals surface area (Å²) in [5, 5.41) is 7.73. The van der Waals surface area contributed by atoms with Gasteiger partial charge in [0.2, 0.25) is 11.8 Å². The number of thiophene rings is 1. The average molecular weight is 401 g/mol. The lowest BCUT2D eigenvalue weighted by molar-refractivity contribution is -0.122. The van der Waals surface area contributed by atoms with E-state index >= 15 is 0 Å². The maximum Gasteiger partial charge on any atom is 0.222 e. The monoisotopic (exact) mass is 400 g/mol. The third-order valence-corrected chi connectivity index (χ3v) is 5.87. The number of rotatable bonds is 7. The first-order chi connectivity index (χ1) is 13.6. The highest BCUT2D eigenvalue weighted by atomic mass is 32.1. The van der Waals surface area contributed by atoms with Gasteiger partial charge in [0, 0.05) is 37.6 Å². The van der Waals surface area contributed by atoms with Crippen LogP contribution in [0.25, 0.3) is 0 Å². The molecule has 28 heavy (non-hydrogen) atoms. The molecular formula is C21H28N4O2S. The molecule has 1 aliphatic heterocycles. The predicted octanol–water partition coefficient (Wildman–Crippen LogP) is 3.41. The summed E-state index contributed by atoms with van der Waals surface area (Å²) in [6, 6.07) is 7.63. The molecule has 1 fully saturated rings. The third-order valence-electron chi connectivity index (χ3n) is 4.88. The van der Waals surface area contributed by atoms with Crippen LogP contribution in [-0.2, 0) is 16.1 Å². The lowest BCUT2D eigenvalue weighted by Gasteiger charge is -2.21. The molecule has 150 valence electrons. The van der Waals surface area contributed by atoms with E-state index in [1.807, 2.05) is 35.8 Å². The molecule has 0 bridgehead atoms. The molecule has 0 aromatic carbocycles. The van der Waals surface area contributed by atoms with Crippen LogP contribution in [0, 0.1) is 0 Å². The minimum atomic E-state index is -0.291. The first-order valence-corrected chi connectivity index (χ1v) is 10.8. The maximum absolute atomic E-state index is 12.4. The fourth-order valence-corrected chi connectivity index (χ4v) is 4.20. The minimum absolute atomic E-state index is 0.0938. The lowest BCUT2D eigenvalue weighted by Crippen LogP contribution is -2.32. The van der Waals surface area contributed by atoms with Crippen molar-refractivity contribution in [3.63, 3.8) is 0 Å². The van der Waals surface area contributed by atoms with Crippen LogP contribution in [0.15, 0.2) is 35.8 Å². The SMILES string of the molecule is CC(=O)NC(CC(=O)NCc1ccc(N2CCCCCC2)nc1)c1cccs1. The summed E-state index contributed by atoms with van der Waals surface area (Å²) in [5.74, 6) is 0.781. The number of anilines is 1. The minimum Gasteiger partial charge on any atom is -0.357 e. The molecular weight excluding hydrogens is 372 g/mol. The van der Waals surface area contributed by atoms with Crippen molar-refractivity contribution in [2.75, 3.05) is 18.0 Å². The van der Waals surface area contributed by atoms with E-state index in [0.717, 1.165) is 29.3 Å². The van der Waals surface area contributed by atoms with E-state index < -0.39 is 0 Å².